The molecule has 2 fully saturated rings. The summed E-state index contributed by atoms with van der Waals surface area (Å²) in [5.41, 5.74) is -0.442. The highest BCUT2D eigenvalue weighted by Gasteiger charge is 2.33. The van der Waals surface area contributed by atoms with Crippen LogP contribution in [0, 0.1) is 5.92 Å². The van der Waals surface area contributed by atoms with Crippen LogP contribution in [0.25, 0.3) is 0 Å². The van der Waals surface area contributed by atoms with Gasteiger partial charge in [-0.05, 0) is 27.2 Å². The largest absolute Gasteiger partial charge is 0.460 e. The van der Waals surface area contributed by atoms with Gasteiger partial charge in [-0.15, -0.1) is 0 Å². The van der Waals surface area contributed by atoms with E-state index in [1.165, 1.54) is 0 Å². The molecule has 1 N–H and O–H groups in total. The van der Waals surface area contributed by atoms with Crippen LogP contribution in [0.5, 0.6) is 0 Å². The van der Waals surface area contributed by atoms with E-state index in [9.17, 15) is 4.79 Å². The van der Waals surface area contributed by atoms with Crippen molar-refractivity contribution in [2.45, 2.75) is 38.9 Å². The zero-order valence-electron chi connectivity index (χ0n) is 14.6. The quantitative estimate of drug-likeness (QED) is 0.466. The van der Waals surface area contributed by atoms with Gasteiger partial charge in [-0.3, -0.25) is 9.79 Å². The van der Waals surface area contributed by atoms with Gasteiger partial charge in [0.05, 0.1) is 31.8 Å². The number of hydrogen-bond donors (Lipinski definition) is 1. The third-order valence-electron chi connectivity index (χ3n) is 3.81. The van der Waals surface area contributed by atoms with Crippen LogP contribution in [-0.2, 0) is 19.0 Å². The van der Waals surface area contributed by atoms with Crippen LogP contribution in [0.3, 0.4) is 0 Å². The molecule has 0 aromatic heterocycles. The Kier molecular flexibility index (Phi) is 6.24. The second-order valence-electron chi connectivity index (χ2n) is 6.96. The zero-order valence-corrected chi connectivity index (χ0v) is 14.6. The number of carbonyl (C=O) groups is 1. The summed E-state index contributed by atoms with van der Waals surface area (Å²) < 4.78 is 16.5. The summed E-state index contributed by atoms with van der Waals surface area (Å²) in [6.45, 7) is 9.66. The first-order chi connectivity index (χ1) is 10.9. The summed E-state index contributed by atoms with van der Waals surface area (Å²) >= 11 is 0. The van der Waals surface area contributed by atoms with Crippen LogP contribution >= 0.6 is 0 Å². The molecule has 0 saturated carbocycles. The summed E-state index contributed by atoms with van der Waals surface area (Å²) in [7, 11) is 1.75. The molecule has 0 aliphatic carbocycles. The maximum atomic E-state index is 12.2. The van der Waals surface area contributed by atoms with Crippen molar-refractivity contribution in [1.82, 2.24) is 10.2 Å². The first kappa shape index (κ1) is 18.0. The molecule has 2 rings (SSSR count). The highest BCUT2D eigenvalue weighted by molar-refractivity contribution is 5.82. The molecular weight excluding hydrogens is 298 g/mol. The summed E-state index contributed by atoms with van der Waals surface area (Å²) in [5, 5.41) is 3.31. The van der Waals surface area contributed by atoms with E-state index in [-0.39, 0.29) is 18.0 Å². The Hall–Kier alpha value is -1.34. The van der Waals surface area contributed by atoms with E-state index < -0.39 is 5.60 Å². The van der Waals surface area contributed by atoms with Crippen LogP contribution in [0.2, 0.25) is 0 Å². The van der Waals surface area contributed by atoms with E-state index in [0.29, 0.717) is 32.9 Å². The molecule has 0 aromatic rings. The Bertz CT molecular complexity index is 428. The highest BCUT2D eigenvalue weighted by Crippen LogP contribution is 2.20. The van der Waals surface area contributed by atoms with Crippen molar-refractivity contribution in [2.24, 2.45) is 10.9 Å². The molecular formula is C16H29N3O4. The van der Waals surface area contributed by atoms with E-state index in [2.05, 4.69) is 15.2 Å². The number of rotatable bonds is 3. The van der Waals surface area contributed by atoms with Crippen molar-refractivity contribution in [3.63, 3.8) is 0 Å². The monoisotopic (exact) mass is 327 g/mol. The van der Waals surface area contributed by atoms with Crippen molar-refractivity contribution >= 4 is 11.9 Å². The predicted molar refractivity (Wildman–Crippen MR) is 87.4 cm³/mol. The average molecular weight is 327 g/mol. The second kappa shape index (κ2) is 7.97. The maximum Gasteiger partial charge on any atom is 0.311 e. The maximum absolute atomic E-state index is 12.2. The number of esters is 1. The fourth-order valence-corrected chi connectivity index (χ4v) is 2.72. The molecule has 7 nitrogen and oxygen atoms in total. The van der Waals surface area contributed by atoms with Crippen molar-refractivity contribution in [3.8, 4) is 0 Å². The third-order valence-corrected chi connectivity index (χ3v) is 3.81. The number of aliphatic imine (C=N–C) groups is 1. The van der Waals surface area contributed by atoms with Gasteiger partial charge in [-0.1, -0.05) is 0 Å². The predicted octanol–water partition coefficient (Wildman–Crippen LogP) is 0.641. The number of nitrogens with one attached hydrogen (secondary N) is 1. The molecule has 0 spiro atoms. The minimum atomic E-state index is -0.442. The molecule has 2 heterocycles. The lowest BCUT2D eigenvalue weighted by molar-refractivity contribution is -0.159. The minimum absolute atomic E-state index is 0.0461. The standard InChI is InChI=1S/C16H29N3O4/c1-16(2,3)23-14(20)12-5-6-19(10-12)15(17-4)18-9-13-11-21-7-8-22-13/h12-13H,5-11H2,1-4H3,(H,17,18). The van der Waals surface area contributed by atoms with Gasteiger partial charge >= 0.3 is 5.97 Å². The lowest BCUT2D eigenvalue weighted by Gasteiger charge is -2.27. The van der Waals surface area contributed by atoms with Crippen molar-refractivity contribution < 1.29 is 19.0 Å². The Balaban J connectivity index is 1.80. The number of ether oxygens (including phenoxy) is 3. The molecule has 2 saturated heterocycles. The summed E-state index contributed by atoms with van der Waals surface area (Å²) in [6, 6.07) is 0. The Morgan fingerprint density at radius 1 is 1.39 bits per heavy atom. The van der Waals surface area contributed by atoms with Crippen molar-refractivity contribution in [1.29, 1.82) is 0 Å². The molecule has 2 atom stereocenters. The van der Waals surface area contributed by atoms with E-state index in [1.807, 2.05) is 20.8 Å². The number of nitrogens with zero attached hydrogens (tertiary/aromatic N) is 2. The minimum Gasteiger partial charge on any atom is -0.460 e. The van der Waals surface area contributed by atoms with Crippen LogP contribution in [0.15, 0.2) is 4.99 Å². The van der Waals surface area contributed by atoms with E-state index in [4.69, 9.17) is 14.2 Å². The van der Waals surface area contributed by atoms with Gasteiger partial charge in [0, 0.05) is 26.7 Å². The Morgan fingerprint density at radius 2 is 2.17 bits per heavy atom. The van der Waals surface area contributed by atoms with Crippen LogP contribution < -0.4 is 5.32 Å². The van der Waals surface area contributed by atoms with Gasteiger partial charge in [-0.2, -0.15) is 0 Å². The van der Waals surface area contributed by atoms with Gasteiger partial charge in [0.15, 0.2) is 5.96 Å². The van der Waals surface area contributed by atoms with Gasteiger partial charge in [0.1, 0.15) is 5.60 Å². The van der Waals surface area contributed by atoms with E-state index >= 15 is 0 Å². The SMILES string of the molecule is CN=C(NCC1COCCO1)N1CCC(C(=O)OC(C)(C)C)C1. The lowest BCUT2D eigenvalue weighted by Crippen LogP contribution is -2.46. The number of carbonyl (C=O) groups excluding carboxylic acids is 1. The third kappa shape index (κ3) is 5.66. The topological polar surface area (TPSA) is 72.4 Å². The van der Waals surface area contributed by atoms with Gasteiger partial charge < -0.3 is 24.4 Å². The number of hydrogen-bond acceptors (Lipinski definition) is 5. The van der Waals surface area contributed by atoms with Crippen molar-refractivity contribution in [2.75, 3.05) is 46.5 Å². The number of likely N-dealkylation sites (tertiary alicyclic amines) is 1. The Morgan fingerprint density at radius 3 is 2.78 bits per heavy atom. The second-order valence-corrected chi connectivity index (χ2v) is 6.96. The molecule has 2 aliphatic heterocycles. The van der Waals surface area contributed by atoms with Crippen LogP contribution in [0.1, 0.15) is 27.2 Å². The van der Waals surface area contributed by atoms with Gasteiger partial charge in [0.2, 0.25) is 0 Å². The van der Waals surface area contributed by atoms with Crippen LogP contribution in [0.4, 0.5) is 0 Å². The van der Waals surface area contributed by atoms with Crippen LogP contribution in [-0.4, -0.2) is 75.0 Å². The summed E-state index contributed by atoms with van der Waals surface area (Å²) in [4.78, 5) is 18.6. The fourth-order valence-electron chi connectivity index (χ4n) is 2.72. The van der Waals surface area contributed by atoms with Gasteiger partial charge in [0.25, 0.3) is 0 Å². The highest BCUT2D eigenvalue weighted by atomic mass is 16.6. The molecule has 23 heavy (non-hydrogen) atoms. The number of guanidine groups is 1. The smallest absolute Gasteiger partial charge is 0.311 e. The molecule has 132 valence electrons. The normalized spacial score (nSPS) is 26.3. The summed E-state index contributed by atoms with van der Waals surface area (Å²) in [6.07, 6.45) is 0.836. The van der Waals surface area contributed by atoms with Gasteiger partial charge in [-0.25, -0.2) is 0 Å². The molecule has 0 radical (unpaired) electrons. The average Bonchev–Trinajstić information content (AvgIpc) is 2.97. The zero-order chi connectivity index (χ0) is 16.9. The van der Waals surface area contributed by atoms with E-state index in [1.54, 1.807) is 7.05 Å². The lowest BCUT2D eigenvalue weighted by atomic mass is 10.1. The molecule has 2 unspecified atom stereocenters. The Labute approximate surface area is 138 Å². The molecule has 0 amide bonds. The van der Waals surface area contributed by atoms with E-state index in [0.717, 1.165) is 18.9 Å². The molecule has 0 aromatic carbocycles. The molecule has 0 bridgehead atoms. The van der Waals surface area contributed by atoms with Crippen molar-refractivity contribution in [3.05, 3.63) is 0 Å². The first-order valence-corrected chi connectivity index (χ1v) is 8.27. The summed E-state index contributed by atoms with van der Waals surface area (Å²) in [5.74, 6) is 0.576. The molecule has 2 aliphatic rings. The first-order valence-electron chi connectivity index (χ1n) is 8.27. The fraction of sp³-hybridized carbons (Fsp3) is 0.875. The molecule has 7 heteroatoms.